The Bertz CT molecular complexity index is 397. The normalized spacial score (nSPS) is 18.6. The number of amides is 1. The van der Waals surface area contributed by atoms with Gasteiger partial charge in [-0.05, 0) is 19.8 Å². The van der Waals surface area contributed by atoms with Crippen LogP contribution in [-0.4, -0.2) is 26.9 Å². The van der Waals surface area contributed by atoms with Crippen molar-refractivity contribution in [3.05, 3.63) is 11.9 Å². The average Bonchev–Trinajstić information content (AvgIpc) is 2.87. The van der Waals surface area contributed by atoms with E-state index >= 15 is 0 Å². The smallest absolute Gasteiger partial charge is 0.244 e. The molecule has 0 saturated heterocycles. The molecule has 100 valence electrons. The molecule has 6 heteroatoms. The van der Waals surface area contributed by atoms with Crippen molar-refractivity contribution in [2.24, 2.45) is 5.73 Å². The Balaban J connectivity index is 1.91. The molecule has 1 aromatic rings. The van der Waals surface area contributed by atoms with Crippen molar-refractivity contribution in [3.8, 4) is 0 Å². The van der Waals surface area contributed by atoms with Crippen LogP contribution in [0.3, 0.4) is 0 Å². The molecule has 0 spiro atoms. The lowest BCUT2D eigenvalue weighted by molar-refractivity contribution is -0.125. The average molecular weight is 251 g/mol. The number of hydrogen-bond acceptors (Lipinski definition) is 4. The van der Waals surface area contributed by atoms with Gasteiger partial charge in [-0.15, -0.1) is 5.10 Å². The van der Waals surface area contributed by atoms with Gasteiger partial charge in [0.05, 0.1) is 11.9 Å². The van der Waals surface area contributed by atoms with Gasteiger partial charge in [0.15, 0.2) is 0 Å². The van der Waals surface area contributed by atoms with Crippen LogP contribution in [0.1, 0.15) is 50.8 Å². The number of nitrogens with one attached hydrogen (secondary N) is 1. The second kappa shape index (κ2) is 5.95. The molecule has 0 radical (unpaired) electrons. The molecule has 1 saturated carbocycles. The SMILES string of the molecule is CC(C(=O)NC1CCCCC1)n1cc(CN)nn1. The van der Waals surface area contributed by atoms with Crippen LogP contribution in [0.5, 0.6) is 0 Å². The molecular formula is C12H21N5O. The van der Waals surface area contributed by atoms with Gasteiger partial charge in [0.1, 0.15) is 6.04 Å². The predicted octanol–water partition coefficient (Wildman–Crippen LogP) is 0.747. The van der Waals surface area contributed by atoms with E-state index in [1.807, 2.05) is 6.92 Å². The van der Waals surface area contributed by atoms with Crippen molar-refractivity contribution in [2.75, 3.05) is 0 Å². The molecule has 3 N–H and O–H groups in total. The van der Waals surface area contributed by atoms with E-state index in [0.717, 1.165) is 12.8 Å². The van der Waals surface area contributed by atoms with Crippen molar-refractivity contribution in [3.63, 3.8) is 0 Å². The molecule has 1 unspecified atom stereocenters. The minimum absolute atomic E-state index is 0.00960. The minimum atomic E-state index is -0.334. The van der Waals surface area contributed by atoms with E-state index in [-0.39, 0.29) is 11.9 Å². The molecule has 1 aliphatic rings. The van der Waals surface area contributed by atoms with Crippen molar-refractivity contribution in [1.29, 1.82) is 0 Å². The Hall–Kier alpha value is -1.43. The van der Waals surface area contributed by atoms with Gasteiger partial charge in [-0.2, -0.15) is 0 Å². The Kier molecular flexibility index (Phi) is 4.30. The number of aromatic nitrogens is 3. The predicted molar refractivity (Wildman–Crippen MR) is 67.6 cm³/mol. The Labute approximate surface area is 107 Å². The van der Waals surface area contributed by atoms with Crippen molar-refractivity contribution < 1.29 is 4.79 Å². The maximum atomic E-state index is 12.1. The van der Waals surface area contributed by atoms with Gasteiger partial charge in [-0.1, -0.05) is 24.5 Å². The Morgan fingerprint density at radius 1 is 1.56 bits per heavy atom. The van der Waals surface area contributed by atoms with E-state index in [2.05, 4.69) is 15.6 Å². The zero-order valence-corrected chi connectivity index (χ0v) is 10.8. The van der Waals surface area contributed by atoms with Crippen LogP contribution in [0.25, 0.3) is 0 Å². The Morgan fingerprint density at radius 3 is 2.89 bits per heavy atom. The van der Waals surface area contributed by atoms with E-state index < -0.39 is 0 Å². The summed E-state index contributed by atoms with van der Waals surface area (Å²) in [6.45, 7) is 2.17. The molecule has 1 aromatic heterocycles. The summed E-state index contributed by atoms with van der Waals surface area (Å²) in [4.78, 5) is 12.1. The van der Waals surface area contributed by atoms with Gasteiger partial charge < -0.3 is 11.1 Å². The van der Waals surface area contributed by atoms with Crippen LogP contribution in [0.2, 0.25) is 0 Å². The maximum Gasteiger partial charge on any atom is 0.244 e. The van der Waals surface area contributed by atoms with Gasteiger partial charge in [0.2, 0.25) is 5.91 Å². The molecule has 6 nitrogen and oxygen atoms in total. The van der Waals surface area contributed by atoms with E-state index in [0.29, 0.717) is 18.3 Å². The van der Waals surface area contributed by atoms with E-state index in [4.69, 9.17) is 5.73 Å². The fourth-order valence-corrected chi connectivity index (χ4v) is 2.29. The first-order chi connectivity index (χ1) is 8.70. The number of carbonyl (C=O) groups excluding carboxylic acids is 1. The molecule has 0 aromatic carbocycles. The van der Waals surface area contributed by atoms with Crippen LogP contribution in [0.4, 0.5) is 0 Å². The highest BCUT2D eigenvalue weighted by atomic mass is 16.2. The quantitative estimate of drug-likeness (QED) is 0.826. The molecule has 1 heterocycles. The summed E-state index contributed by atoms with van der Waals surface area (Å²) in [5.41, 5.74) is 6.17. The second-order valence-electron chi connectivity index (χ2n) is 4.91. The van der Waals surface area contributed by atoms with Crippen LogP contribution in [0, 0.1) is 0 Å². The molecule has 1 fully saturated rings. The number of carbonyl (C=O) groups is 1. The lowest BCUT2D eigenvalue weighted by Crippen LogP contribution is -2.40. The minimum Gasteiger partial charge on any atom is -0.352 e. The maximum absolute atomic E-state index is 12.1. The van der Waals surface area contributed by atoms with E-state index in [1.54, 1.807) is 10.9 Å². The van der Waals surface area contributed by atoms with Crippen molar-refractivity contribution in [2.45, 2.75) is 57.7 Å². The monoisotopic (exact) mass is 251 g/mol. The number of nitrogens with zero attached hydrogens (tertiary/aromatic N) is 3. The number of hydrogen-bond donors (Lipinski definition) is 2. The van der Waals surface area contributed by atoms with Crippen LogP contribution in [0.15, 0.2) is 6.20 Å². The molecule has 2 rings (SSSR count). The van der Waals surface area contributed by atoms with Gasteiger partial charge in [-0.3, -0.25) is 4.79 Å². The van der Waals surface area contributed by atoms with E-state index in [1.165, 1.54) is 19.3 Å². The van der Waals surface area contributed by atoms with Crippen LogP contribution >= 0.6 is 0 Å². The molecule has 0 aliphatic heterocycles. The van der Waals surface area contributed by atoms with Crippen molar-refractivity contribution in [1.82, 2.24) is 20.3 Å². The third kappa shape index (κ3) is 3.07. The summed E-state index contributed by atoms with van der Waals surface area (Å²) < 4.78 is 1.57. The summed E-state index contributed by atoms with van der Waals surface area (Å²) in [6.07, 6.45) is 7.60. The fourth-order valence-electron chi connectivity index (χ4n) is 2.29. The first-order valence-corrected chi connectivity index (χ1v) is 6.62. The van der Waals surface area contributed by atoms with E-state index in [9.17, 15) is 4.79 Å². The number of nitrogens with two attached hydrogens (primary N) is 1. The first-order valence-electron chi connectivity index (χ1n) is 6.62. The first kappa shape index (κ1) is 13.0. The van der Waals surface area contributed by atoms with Crippen molar-refractivity contribution >= 4 is 5.91 Å². The summed E-state index contributed by atoms with van der Waals surface area (Å²) >= 11 is 0. The van der Waals surface area contributed by atoms with Crippen LogP contribution < -0.4 is 11.1 Å². The van der Waals surface area contributed by atoms with Crippen LogP contribution in [-0.2, 0) is 11.3 Å². The zero-order chi connectivity index (χ0) is 13.0. The molecular weight excluding hydrogens is 230 g/mol. The summed E-state index contributed by atoms with van der Waals surface area (Å²) in [7, 11) is 0. The highest BCUT2D eigenvalue weighted by molar-refractivity contribution is 5.80. The Morgan fingerprint density at radius 2 is 2.28 bits per heavy atom. The third-order valence-corrected chi connectivity index (χ3v) is 3.49. The fraction of sp³-hybridized carbons (Fsp3) is 0.750. The molecule has 0 bridgehead atoms. The highest BCUT2D eigenvalue weighted by Gasteiger charge is 2.21. The number of rotatable bonds is 4. The largest absolute Gasteiger partial charge is 0.352 e. The molecule has 18 heavy (non-hydrogen) atoms. The summed E-state index contributed by atoms with van der Waals surface area (Å²) in [5.74, 6) is 0.00960. The van der Waals surface area contributed by atoms with Gasteiger partial charge in [-0.25, -0.2) is 4.68 Å². The summed E-state index contributed by atoms with van der Waals surface area (Å²) in [5, 5.41) is 10.9. The van der Waals surface area contributed by atoms with Gasteiger partial charge in [0.25, 0.3) is 0 Å². The topological polar surface area (TPSA) is 85.8 Å². The highest BCUT2D eigenvalue weighted by Crippen LogP contribution is 2.18. The second-order valence-corrected chi connectivity index (χ2v) is 4.91. The zero-order valence-electron chi connectivity index (χ0n) is 10.8. The standard InChI is InChI=1S/C12H21N5O/c1-9(17-8-11(7-13)15-16-17)12(18)14-10-5-3-2-4-6-10/h8-10H,2-7,13H2,1H3,(H,14,18). The molecule has 1 atom stereocenters. The molecule has 1 aliphatic carbocycles. The summed E-state index contributed by atoms with van der Waals surface area (Å²) in [6, 6.07) is -0.00840. The van der Waals surface area contributed by atoms with Gasteiger partial charge >= 0.3 is 0 Å². The lowest BCUT2D eigenvalue weighted by Gasteiger charge is -2.24. The van der Waals surface area contributed by atoms with Gasteiger partial charge in [0, 0.05) is 12.6 Å². The molecule has 1 amide bonds. The third-order valence-electron chi connectivity index (χ3n) is 3.49. The lowest BCUT2D eigenvalue weighted by atomic mass is 9.95.